The minimum Gasteiger partial charge on any atom is -0.335 e. The zero-order chi connectivity index (χ0) is 13.9. The molecule has 1 aliphatic carbocycles. The molecule has 6 nitrogen and oxygen atoms in total. The topological polar surface area (TPSA) is 71.3 Å². The Morgan fingerprint density at radius 1 is 1.35 bits per heavy atom. The summed E-state index contributed by atoms with van der Waals surface area (Å²) in [5.74, 6) is 0. The van der Waals surface area contributed by atoms with Gasteiger partial charge in [0.1, 0.15) is 0 Å². The van der Waals surface area contributed by atoms with Crippen molar-refractivity contribution in [3.05, 3.63) is 24.2 Å². The molecule has 3 rings (SSSR count). The van der Waals surface area contributed by atoms with Gasteiger partial charge in [-0.05, 0) is 19.8 Å². The Bertz CT molecular complexity index is 615. The average molecular weight is 273 g/mol. The molecule has 2 aromatic heterocycles. The summed E-state index contributed by atoms with van der Waals surface area (Å²) in [6.07, 6.45) is 9.24. The van der Waals surface area contributed by atoms with Gasteiger partial charge in [0.15, 0.2) is 5.65 Å². The number of amides is 2. The molecule has 2 aromatic rings. The maximum absolute atomic E-state index is 11.9. The van der Waals surface area contributed by atoms with E-state index in [1.54, 1.807) is 16.9 Å². The third-order valence-corrected chi connectivity index (χ3v) is 3.63. The van der Waals surface area contributed by atoms with E-state index < -0.39 is 0 Å². The van der Waals surface area contributed by atoms with Crippen LogP contribution in [0.2, 0.25) is 0 Å². The van der Waals surface area contributed by atoms with Crippen LogP contribution in [0.5, 0.6) is 0 Å². The quantitative estimate of drug-likeness (QED) is 0.883. The molecule has 20 heavy (non-hydrogen) atoms. The molecule has 0 spiro atoms. The predicted octanol–water partition coefficient (Wildman–Crippen LogP) is 2.49. The highest BCUT2D eigenvalue weighted by Crippen LogP contribution is 2.17. The van der Waals surface area contributed by atoms with Gasteiger partial charge in [-0.3, -0.25) is 0 Å². The lowest BCUT2D eigenvalue weighted by Crippen LogP contribution is -2.39. The van der Waals surface area contributed by atoms with Gasteiger partial charge in [0.05, 0.1) is 23.8 Å². The Kier molecular flexibility index (Phi) is 3.54. The average Bonchev–Trinajstić information content (AvgIpc) is 2.79. The molecule has 0 atom stereocenters. The van der Waals surface area contributed by atoms with Crippen molar-refractivity contribution in [2.75, 3.05) is 5.32 Å². The minimum atomic E-state index is -0.165. The largest absolute Gasteiger partial charge is 0.335 e. The fourth-order valence-electron chi connectivity index (χ4n) is 2.66. The van der Waals surface area contributed by atoms with Gasteiger partial charge in [-0.15, -0.1) is 0 Å². The summed E-state index contributed by atoms with van der Waals surface area (Å²) >= 11 is 0. The number of aryl methyl sites for hydroxylation is 1. The standard InChI is InChI=1S/C14H19N5O/c1-10-7-13-15-8-12(9-19(13)18-10)17-14(20)16-11-5-3-2-4-6-11/h7-9,11H,2-6H2,1H3,(H2,16,17,20). The minimum absolute atomic E-state index is 0.165. The lowest BCUT2D eigenvalue weighted by Gasteiger charge is -2.22. The number of hydrogen-bond donors (Lipinski definition) is 2. The fourth-order valence-corrected chi connectivity index (χ4v) is 2.66. The molecule has 6 heteroatoms. The maximum atomic E-state index is 11.9. The smallest absolute Gasteiger partial charge is 0.319 e. The number of hydrogen-bond acceptors (Lipinski definition) is 3. The third-order valence-electron chi connectivity index (χ3n) is 3.63. The first-order valence-electron chi connectivity index (χ1n) is 7.10. The first-order chi connectivity index (χ1) is 9.70. The van der Waals surface area contributed by atoms with E-state index in [2.05, 4.69) is 20.7 Å². The molecule has 2 N–H and O–H groups in total. The Hall–Kier alpha value is -2.11. The number of nitrogens with one attached hydrogen (secondary N) is 2. The van der Waals surface area contributed by atoms with Crippen LogP contribution in [0, 0.1) is 6.92 Å². The van der Waals surface area contributed by atoms with Crippen LogP contribution in [0.4, 0.5) is 10.5 Å². The lowest BCUT2D eigenvalue weighted by atomic mass is 9.96. The summed E-state index contributed by atoms with van der Waals surface area (Å²) in [6, 6.07) is 2.03. The van der Waals surface area contributed by atoms with Crippen LogP contribution in [-0.2, 0) is 0 Å². The maximum Gasteiger partial charge on any atom is 0.319 e. The fraction of sp³-hybridized carbons (Fsp3) is 0.500. The normalized spacial score (nSPS) is 16.2. The van der Waals surface area contributed by atoms with E-state index in [4.69, 9.17) is 0 Å². The molecule has 2 heterocycles. The molecule has 0 aliphatic heterocycles. The van der Waals surface area contributed by atoms with Crippen molar-refractivity contribution in [1.82, 2.24) is 19.9 Å². The molecular weight excluding hydrogens is 254 g/mol. The van der Waals surface area contributed by atoms with E-state index in [-0.39, 0.29) is 6.03 Å². The van der Waals surface area contributed by atoms with Crippen molar-refractivity contribution in [3.63, 3.8) is 0 Å². The van der Waals surface area contributed by atoms with E-state index in [9.17, 15) is 4.79 Å². The molecule has 0 unspecified atom stereocenters. The number of carbonyl (C=O) groups excluding carboxylic acids is 1. The zero-order valence-electron chi connectivity index (χ0n) is 11.6. The van der Waals surface area contributed by atoms with E-state index >= 15 is 0 Å². The van der Waals surface area contributed by atoms with Crippen LogP contribution in [0.25, 0.3) is 5.65 Å². The Labute approximate surface area is 117 Å². The van der Waals surface area contributed by atoms with Gasteiger partial charge in [0.25, 0.3) is 0 Å². The van der Waals surface area contributed by atoms with Crippen molar-refractivity contribution in [3.8, 4) is 0 Å². The molecule has 0 bridgehead atoms. The highest BCUT2D eigenvalue weighted by Gasteiger charge is 2.15. The third kappa shape index (κ3) is 2.89. The van der Waals surface area contributed by atoms with E-state index in [1.165, 1.54) is 19.3 Å². The van der Waals surface area contributed by atoms with E-state index in [1.807, 2.05) is 13.0 Å². The van der Waals surface area contributed by atoms with Crippen molar-refractivity contribution >= 4 is 17.4 Å². The second-order valence-electron chi connectivity index (χ2n) is 5.36. The first kappa shape index (κ1) is 12.9. The van der Waals surface area contributed by atoms with Crippen LogP contribution in [0.15, 0.2) is 18.5 Å². The molecule has 1 saturated carbocycles. The molecule has 0 radical (unpaired) electrons. The van der Waals surface area contributed by atoms with Gasteiger partial charge in [0.2, 0.25) is 0 Å². The Morgan fingerprint density at radius 3 is 2.95 bits per heavy atom. The van der Waals surface area contributed by atoms with Gasteiger partial charge in [-0.25, -0.2) is 14.3 Å². The molecule has 0 saturated heterocycles. The summed E-state index contributed by atoms with van der Waals surface area (Å²) in [4.78, 5) is 16.2. The number of anilines is 1. The lowest BCUT2D eigenvalue weighted by molar-refractivity contribution is 0.244. The molecule has 0 aromatic carbocycles. The SMILES string of the molecule is Cc1cc2ncc(NC(=O)NC3CCCCC3)cn2n1. The van der Waals surface area contributed by atoms with E-state index in [0.717, 1.165) is 24.2 Å². The Balaban J connectivity index is 1.64. The van der Waals surface area contributed by atoms with Crippen LogP contribution in [0.3, 0.4) is 0 Å². The summed E-state index contributed by atoms with van der Waals surface area (Å²) in [7, 11) is 0. The van der Waals surface area contributed by atoms with Crippen LogP contribution in [0.1, 0.15) is 37.8 Å². The molecule has 1 aliphatic rings. The van der Waals surface area contributed by atoms with Gasteiger partial charge >= 0.3 is 6.03 Å². The number of urea groups is 1. The highest BCUT2D eigenvalue weighted by atomic mass is 16.2. The predicted molar refractivity (Wildman–Crippen MR) is 76.8 cm³/mol. The summed E-state index contributed by atoms with van der Waals surface area (Å²) in [5.41, 5.74) is 2.33. The molecule has 106 valence electrons. The second kappa shape index (κ2) is 5.48. The van der Waals surface area contributed by atoms with Crippen LogP contribution in [-0.4, -0.2) is 26.7 Å². The van der Waals surface area contributed by atoms with Gasteiger partial charge < -0.3 is 10.6 Å². The summed E-state index contributed by atoms with van der Waals surface area (Å²) in [6.45, 7) is 1.91. The summed E-state index contributed by atoms with van der Waals surface area (Å²) in [5, 5.41) is 10.1. The number of nitrogens with zero attached hydrogens (tertiary/aromatic N) is 3. The number of carbonyl (C=O) groups is 1. The number of fused-ring (bicyclic) bond motifs is 1. The highest BCUT2D eigenvalue weighted by molar-refractivity contribution is 5.89. The van der Waals surface area contributed by atoms with E-state index in [0.29, 0.717) is 11.7 Å². The van der Waals surface area contributed by atoms with Crippen LogP contribution >= 0.6 is 0 Å². The summed E-state index contributed by atoms with van der Waals surface area (Å²) < 4.78 is 1.67. The number of aromatic nitrogens is 3. The molecule has 1 fully saturated rings. The van der Waals surface area contributed by atoms with Gasteiger partial charge in [0, 0.05) is 12.1 Å². The molecular formula is C14H19N5O. The van der Waals surface area contributed by atoms with Crippen molar-refractivity contribution in [2.24, 2.45) is 0 Å². The van der Waals surface area contributed by atoms with Crippen molar-refractivity contribution in [1.29, 1.82) is 0 Å². The van der Waals surface area contributed by atoms with Crippen LogP contribution < -0.4 is 10.6 Å². The monoisotopic (exact) mass is 273 g/mol. The second-order valence-corrected chi connectivity index (χ2v) is 5.36. The zero-order valence-corrected chi connectivity index (χ0v) is 11.6. The van der Waals surface area contributed by atoms with Gasteiger partial charge in [-0.1, -0.05) is 19.3 Å². The number of rotatable bonds is 2. The van der Waals surface area contributed by atoms with Crippen molar-refractivity contribution < 1.29 is 4.79 Å². The Morgan fingerprint density at radius 2 is 2.15 bits per heavy atom. The van der Waals surface area contributed by atoms with Gasteiger partial charge in [-0.2, -0.15) is 5.10 Å². The first-order valence-corrected chi connectivity index (χ1v) is 7.10. The van der Waals surface area contributed by atoms with Crippen molar-refractivity contribution in [2.45, 2.75) is 45.1 Å². The molecule has 2 amide bonds.